The molecule has 0 spiro atoms. The molecule has 0 bridgehead atoms. The Morgan fingerprint density at radius 1 is 1.14 bits per heavy atom. The van der Waals surface area contributed by atoms with Crippen molar-refractivity contribution in [3.63, 3.8) is 0 Å². The first kappa shape index (κ1) is 22.8. The van der Waals surface area contributed by atoms with E-state index in [1.165, 1.54) is 43.5 Å². The van der Waals surface area contributed by atoms with Crippen LogP contribution >= 0.6 is 0 Å². The van der Waals surface area contributed by atoms with Gasteiger partial charge in [0.05, 0.1) is 30.8 Å². The highest BCUT2D eigenvalue weighted by Crippen LogP contribution is 2.43. The first-order chi connectivity index (χ1) is 16.6. The highest BCUT2D eigenvalue weighted by atomic mass is 32.2. The molecule has 3 heterocycles. The number of pyridine rings is 1. The molecule has 0 unspecified atom stereocenters. The fraction of sp³-hybridized carbons (Fsp3) is 0.182. The van der Waals surface area contributed by atoms with Gasteiger partial charge < -0.3 is 19.1 Å². The van der Waals surface area contributed by atoms with Gasteiger partial charge in [-0.15, -0.1) is 0 Å². The highest BCUT2D eigenvalue weighted by Gasteiger charge is 2.45. The molecule has 13 heteroatoms. The highest BCUT2D eigenvalue weighted by molar-refractivity contribution is 7.93. The number of halogens is 3. The van der Waals surface area contributed by atoms with Crippen molar-refractivity contribution in [1.29, 1.82) is 0 Å². The van der Waals surface area contributed by atoms with Crippen LogP contribution in [-0.4, -0.2) is 44.7 Å². The monoisotopic (exact) mass is 506 g/mol. The molecule has 9 nitrogen and oxygen atoms in total. The van der Waals surface area contributed by atoms with Crippen molar-refractivity contribution in [3.05, 3.63) is 71.0 Å². The average Bonchev–Trinajstić information content (AvgIpc) is 3.31. The van der Waals surface area contributed by atoms with Crippen LogP contribution in [0, 0.1) is 5.82 Å². The summed E-state index contributed by atoms with van der Waals surface area (Å²) in [5.74, 6) is -4.13. The van der Waals surface area contributed by atoms with Gasteiger partial charge in [0.25, 0.3) is 15.9 Å². The molecule has 4 aromatic rings. The number of methoxy groups -OCH3 is 1. The summed E-state index contributed by atoms with van der Waals surface area (Å²) >= 11 is 0. The predicted molar refractivity (Wildman–Crippen MR) is 121 cm³/mol. The lowest BCUT2D eigenvalue weighted by molar-refractivity contribution is -0.0265. The quantitative estimate of drug-likeness (QED) is 0.425. The number of nitrogens with one attached hydrogen (secondary N) is 1. The summed E-state index contributed by atoms with van der Waals surface area (Å²) in [6, 6.07) is 10.1. The van der Waals surface area contributed by atoms with Gasteiger partial charge in [0.1, 0.15) is 23.5 Å². The van der Waals surface area contributed by atoms with Gasteiger partial charge in [-0.2, -0.15) is 0 Å². The molecular weight excluding hydrogens is 489 g/mol. The smallest absolute Gasteiger partial charge is 0.282 e. The molecule has 1 aliphatic heterocycles. The van der Waals surface area contributed by atoms with E-state index in [0.29, 0.717) is 10.9 Å². The first-order valence-corrected chi connectivity index (χ1v) is 11.6. The van der Waals surface area contributed by atoms with Crippen molar-refractivity contribution in [1.82, 2.24) is 10.1 Å². The molecule has 0 saturated carbocycles. The molecule has 0 aliphatic carbocycles. The van der Waals surface area contributed by atoms with Crippen LogP contribution in [0.25, 0.3) is 10.9 Å². The summed E-state index contributed by atoms with van der Waals surface area (Å²) in [6.45, 7) is -1.34. The topological polar surface area (TPSA) is 109 Å². The van der Waals surface area contributed by atoms with Crippen molar-refractivity contribution < 1.29 is 30.8 Å². The number of hydrogen-bond acceptors (Lipinski definition) is 7. The molecule has 1 saturated heterocycles. The maximum atomic E-state index is 15.1. The van der Waals surface area contributed by atoms with Gasteiger partial charge in [-0.1, -0.05) is 5.16 Å². The Labute approximate surface area is 196 Å². The second-order valence-electron chi connectivity index (χ2n) is 7.89. The second kappa shape index (κ2) is 8.05. The number of aromatic amines is 1. The van der Waals surface area contributed by atoms with Crippen LogP contribution in [0.5, 0.6) is 5.75 Å². The molecule has 0 radical (unpaired) electrons. The number of anilines is 3. The molecule has 0 amide bonds. The van der Waals surface area contributed by atoms with Crippen LogP contribution in [0.1, 0.15) is 0 Å². The lowest BCUT2D eigenvalue weighted by Gasteiger charge is -2.40. The average molecular weight is 506 g/mol. The Bertz CT molecular complexity index is 1580. The van der Waals surface area contributed by atoms with Gasteiger partial charge in [-0.05, 0) is 29.7 Å². The first-order valence-electron chi connectivity index (χ1n) is 10.2. The minimum atomic E-state index is -4.43. The summed E-state index contributed by atoms with van der Waals surface area (Å²) < 4.78 is 80.2. The number of nitrogens with zero attached hydrogens (tertiary/aromatic N) is 3. The normalized spacial score (nSPS) is 15.1. The molecular formula is C22H17F3N4O5S. The van der Waals surface area contributed by atoms with Crippen LogP contribution in [0.4, 0.5) is 30.4 Å². The zero-order valence-corrected chi connectivity index (χ0v) is 18.9. The van der Waals surface area contributed by atoms with E-state index in [1.54, 1.807) is 0 Å². The Kier molecular flexibility index (Phi) is 5.24. The van der Waals surface area contributed by atoms with Crippen molar-refractivity contribution in [2.24, 2.45) is 0 Å². The van der Waals surface area contributed by atoms with Gasteiger partial charge in [0, 0.05) is 29.8 Å². The molecule has 35 heavy (non-hydrogen) atoms. The number of aromatic nitrogens is 2. The molecule has 1 fully saturated rings. The molecule has 1 N–H and O–H groups in total. The number of ether oxygens (including phenoxy) is 1. The Morgan fingerprint density at radius 2 is 1.91 bits per heavy atom. The number of rotatable bonds is 6. The molecule has 2 aromatic heterocycles. The maximum absolute atomic E-state index is 15.1. The van der Waals surface area contributed by atoms with Crippen molar-refractivity contribution >= 4 is 38.1 Å². The fourth-order valence-corrected chi connectivity index (χ4v) is 5.33. The third-order valence-corrected chi connectivity index (χ3v) is 7.23. The van der Waals surface area contributed by atoms with Crippen molar-refractivity contribution in [2.75, 3.05) is 29.4 Å². The van der Waals surface area contributed by atoms with E-state index in [1.807, 2.05) is 0 Å². The van der Waals surface area contributed by atoms with E-state index < -0.39 is 34.9 Å². The largest absolute Gasteiger partial charge is 0.494 e. The van der Waals surface area contributed by atoms with E-state index in [4.69, 9.17) is 9.26 Å². The summed E-state index contributed by atoms with van der Waals surface area (Å²) in [6.07, 6.45) is 1.14. The second-order valence-corrected chi connectivity index (χ2v) is 9.67. The summed E-state index contributed by atoms with van der Waals surface area (Å²) in [5.41, 5.74) is -0.318. The van der Waals surface area contributed by atoms with E-state index in [9.17, 15) is 22.0 Å². The van der Waals surface area contributed by atoms with Gasteiger partial charge >= 0.3 is 0 Å². The number of sulfonamides is 1. The number of H-pyrrole nitrogens is 1. The zero-order valence-electron chi connectivity index (χ0n) is 18.0. The SMILES string of the molecule is COc1cc(N2CC(F)(F)C2)c(F)cc1N(c1ccon1)S(=O)(=O)c1ccc2[nH]c(=O)ccc2c1. The molecule has 0 atom stereocenters. The van der Waals surface area contributed by atoms with Crippen LogP contribution in [0.2, 0.25) is 0 Å². The summed E-state index contributed by atoms with van der Waals surface area (Å²) in [7, 11) is -3.19. The van der Waals surface area contributed by atoms with E-state index in [2.05, 4.69) is 10.1 Å². The number of hydrogen-bond donors (Lipinski definition) is 1. The van der Waals surface area contributed by atoms with Gasteiger partial charge in [-0.25, -0.2) is 25.9 Å². The van der Waals surface area contributed by atoms with Crippen LogP contribution < -0.4 is 19.5 Å². The van der Waals surface area contributed by atoms with Gasteiger partial charge in [0.15, 0.2) is 5.82 Å². The van der Waals surface area contributed by atoms with Gasteiger partial charge in [-0.3, -0.25) is 4.79 Å². The third-order valence-electron chi connectivity index (χ3n) is 5.52. The third kappa shape index (κ3) is 3.97. The Balaban J connectivity index is 1.65. The lowest BCUT2D eigenvalue weighted by atomic mass is 10.1. The number of benzene rings is 2. The molecule has 2 aromatic carbocycles. The van der Waals surface area contributed by atoms with Crippen LogP contribution in [-0.2, 0) is 10.0 Å². The summed E-state index contributed by atoms with van der Waals surface area (Å²) in [5, 5.41) is 4.15. The Morgan fingerprint density at radius 3 is 2.57 bits per heavy atom. The van der Waals surface area contributed by atoms with Crippen LogP contribution in [0.15, 0.2) is 69.0 Å². The molecule has 5 rings (SSSR count). The van der Waals surface area contributed by atoms with E-state index in [0.717, 1.165) is 27.6 Å². The number of fused-ring (bicyclic) bond motifs is 1. The number of alkyl halides is 2. The standard InChI is InChI=1S/C22H17F3N4O5S/c1-33-19-10-17(28-11-22(24,25)12-28)15(23)9-18(19)29(20-6-7-34-27-20)35(31,32)14-3-4-16-13(8-14)2-5-21(30)26-16/h2-10H,11-12H2,1H3,(H,26,30). The minimum absolute atomic E-state index is 0.0895. The zero-order chi connectivity index (χ0) is 25.0. The van der Waals surface area contributed by atoms with Gasteiger partial charge in [0.2, 0.25) is 5.56 Å². The van der Waals surface area contributed by atoms with Crippen LogP contribution in [0.3, 0.4) is 0 Å². The predicted octanol–water partition coefficient (Wildman–Crippen LogP) is 3.65. The minimum Gasteiger partial charge on any atom is -0.494 e. The molecule has 182 valence electrons. The Hall–Kier alpha value is -4.00. The molecule has 1 aliphatic rings. The fourth-order valence-electron chi connectivity index (χ4n) is 3.86. The van der Waals surface area contributed by atoms with Crippen molar-refractivity contribution in [3.8, 4) is 5.75 Å². The summed E-state index contributed by atoms with van der Waals surface area (Å²) in [4.78, 5) is 15.1. The lowest BCUT2D eigenvalue weighted by Crippen LogP contribution is -2.56. The van der Waals surface area contributed by atoms with Crippen molar-refractivity contribution in [2.45, 2.75) is 10.8 Å². The maximum Gasteiger partial charge on any atom is 0.282 e. The van der Waals surface area contributed by atoms with E-state index in [-0.39, 0.29) is 33.4 Å². The van der Waals surface area contributed by atoms with E-state index >= 15 is 4.39 Å².